The van der Waals surface area contributed by atoms with Crippen LogP contribution >= 0.6 is 0 Å². The van der Waals surface area contributed by atoms with Gasteiger partial charge in [0.1, 0.15) is 0 Å². The Balaban J connectivity index is 0.000000167. The summed E-state index contributed by atoms with van der Waals surface area (Å²) in [5, 5.41) is 6.98. The van der Waals surface area contributed by atoms with E-state index >= 15 is 0 Å². The van der Waals surface area contributed by atoms with E-state index in [1.807, 2.05) is 36.3 Å². The fraction of sp³-hybridized carbons (Fsp3) is 0.297. The van der Waals surface area contributed by atoms with Gasteiger partial charge in [-0.1, -0.05) is 72.8 Å². The van der Waals surface area contributed by atoms with Crippen molar-refractivity contribution in [2.24, 2.45) is 11.7 Å². The van der Waals surface area contributed by atoms with Crippen molar-refractivity contribution in [2.75, 3.05) is 56.1 Å². The molecule has 45 heavy (non-hydrogen) atoms. The van der Waals surface area contributed by atoms with Gasteiger partial charge in [-0.2, -0.15) is 0 Å². The smallest absolute Gasteiger partial charge is 0.314 e. The molecule has 1 unspecified atom stereocenters. The summed E-state index contributed by atoms with van der Waals surface area (Å²) in [5.74, 6) is 0.676. The third kappa shape index (κ3) is 6.81. The minimum atomic E-state index is -0.322. The second kappa shape index (κ2) is 13.9. The molecule has 232 valence electrons. The molecule has 1 fully saturated rings. The van der Waals surface area contributed by atoms with E-state index in [4.69, 9.17) is 5.73 Å². The molecule has 8 nitrogen and oxygen atoms in total. The van der Waals surface area contributed by atoms with Crippen LogP contribution in [0.1, 0.15) is 17.5 Å². The summed E-state index contributed by atoms with van der Waals surface area (Å²) in [7, 11) is 1.98. The average Bonchev–Trinajstić information content (AvgIpc) is 3.50. The summed E-state index contributed by atoms with van der Waals surface area (Å²) >= 11 is 0. The number of piperazine rings is 1. The summed E-state index contributed by atoms with van der Waals surface area (Å²) in [6.07, 6.45) is 4.36. The SMILES string of the molecule is CNCC1Cc2ccccc2N(C(=O)CCc2c[nH]c3ccccc23)C1.NC(=O)N1CCN(c2cccc3ccccc23)CC1. The van der Waals surface area contributed by atoms with E-state index in [2.05, 4.69) is 88.0 Å². The molecule has 4 aromatic carbocycles. The Morgan fingerprint density at radius 1 is 0.844 bits per heavy atom. The molecule has 1 atom stereocenters. The molecular formula is C37H42N6O2. The van der Waals surface area contributed by atoms with Crippen molar-refractivity contribution in [3.63, 3.8) is 0 Å². The van der Waals surface area contributed by atoms with E-state index in [-0.39, 0.29) is 11.9 Å². The summed E-state index contributed by atoms with van der Waals surface area (Å²) in [6.45, 7) is 4.77. The predicted octanol–water partition coefficient (Wildman–Crippen LogP) is 5.57. The van der Waals surface area contributed by atoms with Crippen LogP contribution in [0.5, 0.6) is 0 Å². The van der Waals surface area contributed by atoms with Crippen LogP contribution < -0.4 is 20.9 Å². The number of aryl methyl sites for hydroxylation is 1. The molecule has 4 N–H and O–H groups in total. The maximum Gasteiger partial charge on any atom is 0.314 e. The lowest BCUT2D eigenvalue weighted by molar-refractivity contribution is -0.118. The lowest BCUT2D eigenvalue weighted by Gasteiger charge is -2.35. The van der Waals surface area contributed by atoms with E-state index in [9.17, 15) is 9.59 Å². The van der Waals surface area contributed by atoms with Crippen molar-refractivity contribution in [2.45, 2.75) is 19.3 Å². The van der Waals surface area contributed by atoms with Gasteiger partial charge in [0, 0.05) is 73.0 Å². The number of aromatic amines is 1. The molecular weight excluding hydrogens is 560 g/mol. The Labute approximate surface area is 264 Å². The van der Waals surface area contributed by atoms with Gasteiger partial charge >= 0.3 is 6.03 Å². The number of aromatic nitrogens is 1. The van der Waals surface area contributed by atoms with Crippen molar-refractivity contribution < 1.29 is 9.59 Å². The monoisotopic (exact) mass is 602 g/mol. The molecule has 2 aliphatic rings. The zero-order chi connectivity index (χ0) is 31.2. The maximum atomic E-state index is 13.0. The number of hydrogen-bond acceptors (Lipinski definition) is 4. The number of benzene rings is 4. The van der Waals surface area contributed by atoms with Crippen molar-refractivity contribution in [3.8, 4) is 0 Å². The number of carbonyl (C=O) groups is 2. The Morgan fingerprint density at radius 3 is 2.33 bits per heavy atom. The Morgan fingerprint density at radius 2 is 1.53 bits per heavy atom. The number of urea groups is 1. The molecule has 0 radical (unpaired) electrons. The zero-order valence-electron chi connectivity index (χ0n) is 25.9. The number of H-pyrrole nitrogens is 1. The van der Waals surface area contributed by atoms with Gasteiger partial charge in [0.05, 0.1) is 0 Å². The van der Waals surface area contributed by atoms with Crippen LogP contribution in [0, 0.1) is 5.92 Å². The molecule has 1 aromatic heterocycles. The van der Waals surface area contributed by atoms with E-state index < -0.39 is 0 Å². The molecule has 0 aliphatic carbocycles. The number of anilines is 2. The molecule has 0 spiro atoms. The molecule has 7 rings (SSSR count). The number of rotatable bonds is 6. The number of hydrogen-bond donors (Lipinski definition) is 3. The fourth-order valence-corrected chi connectivity index (χ4v) is 6.71. The van der Waals surface area contributed by atoms with Gasteiger partial charge in [-0.15, -0.1) is 0 Å². The number of para-hydroxylation sites is 2. The number of fused-ring (bicyclic) bond motifs is 3. The molecule has 2 aliphatic heterocycles. The number of nitrogens with zero attached hydrogens (tertiary/aromatic N) is 3. The van der Waals surface area contributed by atoms with Crippen molar-refractivity contribution >= 4 is 45.0 Å². The summed E-state index contributed by atoms with van der Waals surface area (Å²) in [5.41, 5.74) is 11.3. The Kier molecular flexibility index (Phi) is 9.31. The Hall–Kier alpha value is -4.82. The van der Waals surface area contributed by atoms with Crippen LogP contribution in [0.3, 0.4) is 0 Å². The maximum absolute atomic E-state index is 13.0. The normalized spacial score (nSPS) is 16.3. The summed E-state index contributed by atoms with van der Waals surface area (Å²) in [6, 6.07) is 31.0. The topological polar surface area (TPSA) is 97.7 Å². The number of nitrogens with two attached hydrogens (primary N) is 1. The second-order valence-electron chi connectivity index (χ2n) is 11.9. The quantitative estimate of drug-likeness (QED) is 0.237. The van der Waals surface area contributed by atoms with E-state index in [0.717, 1.165) is 50.2 Å². The molecule has 0 bridgehead atoms. The van der Waals surface area contributed by atoms with Crippen molar-refractivity contribution in [3.05, 3.63) is 108 Å². The molecule has 1 saturated heterocycles. The fourth-order valence-electron chi connectivity index (χ4n) is 6.71. The average molecular weight is 603 g/mol. The lowest BCUT2D eigenvalue weighted by Crippen LogP contribution is -2.50. The van der Waals surface area contributed by atoms with Gasteiger partial charge in [-0.05, 0) is 67.1 Å². The molecule has 3 amide bonds. The third-order valence-electron chi connectivity index (χ3n) is 9.01. The number of amides is 3. The van der Waals surface area contributed by atoms with Gasteiger partial charge in [0.25, 0.3) is 0 Å². The van der Waals surface area contributed by atoms with E-state index in [1.165, 1.54) is 33.0 Å². The van der Waals surface area contributed by atoms with Gasteiger partial charge < -0.3 is 30.7 Å². The van der Waals surface area contributed by atoms with E-state index in [0.29, 0.717) is 25.4 Å². The van der Waals surface area contributed by atoms with Crippen LogP contribution in [0.25, 0.3) is 21.7 Å². The van der Waals surface area contributed by atoms with E-state index in [1.54, 1.807) is 4.90 Å². The van der Waals surface area contributed by atoms with Crippen LogP contribution in [-0.2, 0) is 17.6 Å². The first-order valence-electron chi connectivity index (χ1n) is 15.9. The predicted molar refractivity (Wildman–Crippen MR) is 184 cm³/mol. The summed E-state index contributed by atoms with van der Waals surface area (Å²) in [4.78, 5) is 33.5. The van der Waals surface area contributed by atoms with Gasteiger partial charge in [-0.3, -0.25) is 4.79 Å². The highest BCUT2D eigenvalue weighted by atomic mass is 16.2. The highest BCUT2D eigenvalue weighted by Gasteiger charge is 2.28. The number of carbonyl (C=O) groups excluding carboxylic acids is 2. The van der Waals surface area contributed by atoms with Crippen molar-refractivity contribution in [1.29, 1.82) is 0 Å². The summed E-state index contributed by atoms with van der Waals surface area (Å²) < 4.78 is 0. The van der Waals surface area contributed by atoms with Crippen molar-refractivity contribution in [1.82, 2.24) is 15.2 Å². The van der Waals surface area contributed by atoms with Gasteiger partial charge in [0.2, 0.25) is 5.91 Å². The zero-order valence-corrected chi connectivity index (χ0v) is 25.9. The minimum absolute atomic E-state index is 0.212. The molecule has 3 heterocycles. The first kappa shape index (κ1) is 30.2. The first-order chi connectivity index (χ1) is 22.0. The highest BCUT2D eigenvalue weighted by molar-refractivity contribution is 5.96. The minimum Gasteiger partial charge on any atom is -0.367 e. The standard InChI is InChI=1S/C22H25N3O.C15H17N3O/c1-23-13-16-12-17-6-2-5-9-21(17)25(15-16)22(26)11-10-18-14-24-20-8-4-3-7-19(18)20;16-15(19)18-10-8-17(9-11-18)14-7-3-5-12-4-1-2-6-13(12)14/h2-9,14,16,23-24H,10-13,15H2,1H3;1-7H,8-11H2,(H2,16,19). The molecule has 8 heteroatoms. The second-order valence-corrected chi connectivity index (χ2v) is 11.9. The lowest BCUT2D eigenvalue weighted by atomic mass is 9.92. The number of primary amides is 1. The first-order valence-corrected chi connectivity index (χ1v) is 15.9. The van der Waals surface area contributed by atoms with Crippen LogP contribution in [0.2, 0.25) is 0 Å². The Bertz CT molecular complexity index is 1770. The largest absolute Gasteiger partial charge is 0.367 e. The van der Waals surface area contributed by atoms with Gasteiger partial charge in [0.15, 0.2) is 0 Å². The molecule has 0 saturated carbocycles. The highest BCUT2D eigenvalue weighted by Crippen LogP contribution is 2.31. The molecule has 5 aromatic rings. The van der Waals surface area contributed by atoms with Crippen LogP contribution in [0.15, 0.2) is 97.2 Å². The number of nitrogens with one attached hydrogen (secondary N) is 2. The van der Waals surface area contributed by atoms with Crippen LogP contribution in [0.4, 0.5) is 16.2 Å². The van der Waals surface area contributed by atoms with Gasteiger partial charge in [-0.25, -0.2) is 4.79 Å². The third-order valence-corrected chi connectivity index (χ3v) is 9.01. The van der Waals surface area contributed by atoms with Crippen LogP contribution in [-0.4, -0.2) is 68.1 Å².